The zero-order valence-electron chi connectivity index (χ0n) is 10.9. The van der Waals surface area contributed by atoms with Gasteiger partial charge >= 0.3 is 5.97 Å². The molecule has 0 unspecified atom stereocenters. The summed E-state index contributed by atoms with van der Waals surface area (Å²) in [6.45, 7) is 2.85. The van der Waals surface area contributed by atoms with Crippen LogP contribution in [0.5, 0.6) is 11.5 Å². The number of aryl methyl sites for hydroxylation is 1. The highest BCUT2D eigenvalue weighted by Gasteiger charge is 2.20. The van der Waals surface area contributed by atoms with Crippen molar-refractivity contribution in [2.24, 2.45) is 7.05 Å². The SMILES string of the molecule is CC(=O)OCc1nc2c(O)c(N)c(C)c(O)c2n1C. The van der Waals surface area contributed by atoms with Crippen molar-refractivity contribution in [3.05, 3.63) is 11.4 Å². The number of phenols is 2. The Morgan fingerprint density at radius 3 is 2.63 bits per heavy atom. The van der Waals surface area contributed by atoms with Crippen LogP contribution in [0.25, 0.3) is 11.0 Å². The molecule has 0 aliphatic heterocycles. The average Bonchev–Trinajstić information content (AvgIpc) is 2.69. The fourth-order valence-electron chi connectivity index (χ4n) is 1.89. The molecule has 2 rings (SSSR count). The first kappa shape index (κ1) is 13.0. The maximum atomic E-state index is 10.8. The van der Waals surface area contributed by atoms with Crippen molar-refractivity contribution in [3.8, 4) is 11.5 Å². The van der Waals surface area contributed by atoms with Crippen LogP contribution in [0.15, 0.2) is 0 Å². The van der Waals surface area contributed by atoms with Crippen LogP contribution >= 0.6 is 0 Å². The Morgan fingerprint density at radius 2 is 2.05 bits per heavy atom. The van der Waals surface area contributed by atoms with E-state index in [0.29, 0.717) is 16.9 Å². The number of anilines is 1. The first-order chi connectivity index (χ1) is 8.84. The summed E-state index contributed by atoms with van der Waals surface area (Å²) in [5.41, 5.74) is 6.69. The third-order valence-electron chi connectivity index (χ3n) is 3.06. The summed E-state index contributed by atoms with van der Waals surface area (Å²) in [7, 11) is 1.66. The summed E-state index contributed by atoms with van der Waals surface area (Å²) in [5.74, 6) is -0.263. The molecule has 0 saturated heterocycles. The number of esters is 1. The molecule has 0 aliphatic rings. The molecule has 4 N–H and O–H groups in total. The lowest BCUT2D eigenvalue weighted by Gasteiger charge is -2.08. The van der Waals surface area contributed by atoms with E-state index < -0.39 is 5.97 Å². The van der Waals surface area contributed by atoms with Crippen molar-refractivity contribution in [3.63, 3.8) is 0 Å². The molecule has 0 aliphatic carbocycles. The average molecular weight is 265 g/mol. The molecule has 2 aromatic rings. The lowest BCUT2D eigenvalue weighted by Crippen LogP contribution is -2.04. The molecule has 0 spiro atoms. The van der Waals surface area contributed by atoms with Crippen LogP contribution in [0.3, 0.4) is 0 Å². The molecule has 0 amide bonds. The number of nitrogens with two attached hydrogens (primary N) is 1. The van der Waals surface area contributed by atoms with Gasteiger partial charge < -0.3 is 25.3 Å². The highest BCUT2D eigenvalue weighted by molar-refractivity contribution is 5.94. The minimum Gasteiger partial charge on any atom is -0.505 e. The fourth-order valence-corrected chi connectivity index (χ4v) is 1.89. The molecule has 0 saturated carbocycles. The van der Waals surface area contributed by atoms with Gasteiger partial charge in [-0.2, -0.15) is 0 Å². The molecule has 1 heterocycles. The van der Waals surface area contributed by atoms with Gasteiger partial charge in [0.25, 0.3) is 0 Å². The van der Waals surface area contributed by atoms with E-state index in [1.165, 1.54) is 6.92 Å². The number of hydrogen-bond donors (Lipinski definition) is 3. The molecule has 1 aromatic carbocycles. The Morgan fingerprint density at radius 1 is 1.42 bits per heavy atom. The first-order valence-corrected chi connectivity index (χ1v) is 5.63. The minimum absolute atomic E-state index is 0.0433. The first-order valence-electron chi connectivity index (χ1n) is 5.63. The smallest absolute Gasteiger partial charge is 0.303 e. The van der Waals surface area contributed by atoms with Gasteiger partial charge in [0.05, 0.1) is 5.69 Å². The highest BCUT2D eigenvalue weighted by atomic mass is 16.5. The van der Waals surface area contributed by atoms with Crippen molar-refractivity contribution in [1.82, 2.24) is 9.55 Å². The van der Waals surface area contributed by atoms with Crippen LogP contribution in [0, 0.1) is 6.92 Å². The van der Waals surface area contributed by atoms with E-state index in [9.17, 15) is 15.0 Å². The van der Waals surface area contributed by atoms with E-state index in [1.54, 1.807) is 18.5 Å². The van der Waals surface area contributed by atoms with E-state index >= 15 is 0 Å². The van der Waals surface area contributed by atoms with Crippen LogP contribution in [-0.2, 0) is 23.2 Å². The van der Waals surface area contributed by atoms with E-state index in [0.717, 1.165) is 0 Å². The number of nitrogen functional groups attached to an aromatic ring is 1. The highest BCUT2D eigenvalue weighted by Crippen LogP contribution is 2.40. The molecule has 102 valence electrons. The van der Waals surface area contributed by atoms with Gasteiger partial charge in [0, 0.05) is 19.5 Å². The molecule has 7 heteroatoms. The number of carbonyl (C=O) groups excluding carboxylic acids is 1. The van der Waals surface area contributed by atoms with Gasteiger partial charge in [0.15, 0.2) is 5.75 Å². The lowest BCUT2D eigenvalue weighted by molar-refractivity contribution is -0.142. The quantitative estimate of drug-likeness (QED) is 0.322. The zero-order chi connectivity index (χ0) is 14.3. The number of imidazole rings is 1. The molecule has 19 heavy (non-hydrogen) atoms. The van der Waals surface area contributed by atoms with Gasteiger partial charge in [-0.05, 0) is 6.92 Å². The number of nitrogens with zero attached hydrogens (tertiary/aromatic N) is 2. The van der Waals surface area contributed by atoms with Gasteiger partial charge in [-0.25, -0.2) is 4.98 Å². The molecular weight excluding hydrogens is 250 g/mol. The number of ether oxygens (including phenoxy) is 1. The van der Waals surface area contributed by atoms with Crippen LogP contribution < -0.4 is 5.73 Å². The molecule has 1 aromatic heterocycles. The van der Waals surface area contributed by atoms with Crippen molar-refractivity contribution < 1.29 is 19.7 Å². The lowest BCUT2D eigenvalue weighted by atomic mass is 10.1. The van der Waals surface area contributed by atoms with Gasteiger partial charge in [0.2, 0.25) is 0 Å². The van der Waals surface area contributed by atoms with Crippen molar-refractivity contribution in [2.45, 2.75) is 20.5 Å². The van der Waals surface area contributed by atoms with Gasteiger partial charge in [-0.15, -0.1) is 0 Å². The topological polar surface area (TPSA) is 111 Å². The summed E-state index contributed by atoms with van der Waals surface area (Å²) in [6, 6.07) is 0. The van der Waals surface area contributed by atoms with Crippen molar-refractivity contribution in [2.75, 3.05) is 5.73 Å². The monoisotopic (exact) mass is 265 g/mol. The number of benzene rings is 1. The maximum Gasteiger partial charge on any atom is 0.303 e. The number of hydrogen-bond acceptors (Lipinski definition) is 6. The number of aromatic nitrogens is 2. The summed E-state index contributed by atoms with van der Waals surface area (Å²) < 4.78 is 6.42. The summed E-state index contributed by atoms with van der Waals surface area (Å²) >= 11 is 0. The maximum absolute atomic E-state index is 10.8. The van der Waals surface area contributed by atoms with E-state index in [2.05, 4.69) is 4.98 Å². The van der Waals surface area contributed by atoms with Gasteiger partial charge in [0.1, 0.15) is 29.2 Å². The number of phenolic OH excluding ortho intramolecular Hbond substituents is 2. The Bertz CT molecular complexity index is 676. The molecule has 7 nitrogen and oxygen atoms in total. The summed E-state index contributed by atoms with van der Waals surface area (Å²) in [6.07, 6.45) is 0. The predicted molar refractivity (Wildman–Crippen MR) is 68.7 cm³/mol. The van der Waals surface area contributed by atoms with E-state index in [4.69, 9.17) is 10.5 Å². The Labute approximate surface area is 109 Å². The van der Waals surface area contributed by atoms with E-state index in [-0.39, 0.29) is 29.3 Å². The van der Waals surface area contributed by atoms with Crippen LogP contribution in [-0.4, -0.2) is 25.7 Å². The molecule has 0 fully saturated rings. The Hall–Kier alpha value is -2.44. The minimum atomic E-state index is -0.434. The second-order valence-electron chi connectivity index (χ2n) is 4.30. The predicted octanol–water partition coefficient (Wildman–Crippen LogP) is 0.938. The third-order valence-corrected chi connectivity index (χ3v) is 3.06. The van der Waals surface area contributed by atoms with Crippen molar-refractivity contribution >= 4 is 22.7 Å². The second-order valence-corrected chi connectivity index (χ2v) is 4.30. The second kappa shape index (κ2) is 4.34. The zero-order valence-corrected chi connectivity index (χ0v) is 10.9. The van der Waals surface area contributed by atoms with Gasteiger partial charge in [-0.3, -0.25) is 4.79 Å². The largest absolute Gasteiger partial charge is 0.505 e. The summed E-state index contributed by atoms with van der Waals surface area (Å²) in [5, 5.41) is 20.0. The molecule has 0 atom stereocenters. The number of aromatic hydroxyl groups is 2. The standard InChI is InChI=1S/C12H15N3O4/c1-5-8(13)12(18)9-10(11(5)17)15(3)7(14-9)4-19-6(2)16/h17-18H,4,13H2,1-3H3. The Kier molecular flexibility index (Phi) is 2.97. The molecular formula is C12H15N3O4. The normalized spacial score (nSPS) is 10.9. The number of rotatable bonds is 2. The molecule has 0 radical (unpaired) electrons. The van der Waals surface area contributed by atoms with Crippen LogP contribution in [0.2, 0.25) is 0 Å². The summed E-state index contributed by atoms with van der Waals surface area (Å²) in [4.78, 5) is 14.9. The van der Waals surface area contributed by atoms with E-state index in [1.807, 2.05) is 0 Å². The van der Waals surface area contributed by atoms with Crippen molar-refractivity contribution in [1.29, 1.82) is 0 Å². The number of carbonyl (C=O) groups is 1. The Balaban J connectivity index is 2.66. The van der Waals surface area contributed by atoms with Crippen LogP contribution in [0.1, 0.15) is 18.3 Å². The van der Waals surface area contributed by atoms with Crippen LogP contribution in [0.4, 0.5) is 5.69 Å². The third kappa shape index (κ3) is 1.92. The molecule has 0 bridgehead atoms. The van der Waals surface area contributed by atoms with Gasteiger partial charge in [-0.1, -0.05) is 0 Å². The number of fused-ring (bicyclic) bond motifs is 1. The fraction of sp³-hybridized carbons (Fsp3) is 0.333.